The van der Waals surface area contributed by atoms with Crippen molar-refractivity contribution in [1.29, 1.82) is 0 Å². The van der Waals surface area contributed by atoms with Gasteiger partial charge in [0.15, 0.2) is 0 Å². The van der Waals surface area contributed by atoms with E-state index in [1.807, 2.05) is 18.2 Å². The van der Waals surface area contributed by atoms with Crippen molar-refractivity contribution in [3.63, 3.8) is 0 Å². The van der Waals surface area contributed by atoms with Gasteiger partial charge in [0.05, 0.1) is 5.92 Å². The maximum Gasteiger partial charge on any atom is 0.307 e. The molecule has 7 heteroatoms. The summed E-state index contributed by atoms with van der Waals surface area (Å²) in [5.41, 5.74) is -0.0426. The van der Waals surface area contributed by atoms with Gasteiger partial charge in [0.25, 0.3) is 0 Å². The van der Waals surface area contributed by atoms with E-state index in [-0.39, 0.29) is 12.6 Å². The van der Waals surface area contributed by atoms with Crippen LogP contribution in [0.15, 0.2) is 30.3 Å². The summed E-state index contributed by atoms with van der Waals surface area (Å²) in [6, 6.07) is 9.04. The summed E-state index contributed by atoms with van der Waals surface area (Å²) in [4.78, 5) is 33.5. The fourth-order valence-electron chi connectivity index (χ4n) is 3.72. The highest BCUT2D eigenvalue weighted by atomic mass is 31.2. The lowest BCUT2D eigenvalue weighted by molar-refractivity contribution is -0.142. The number of carboxylic acid groups (broad SMARTS) is 2. The second-order valence-corrected chi connectivity index (χ2v) is 10.2. The van der Waals surface area contributed by atoms with Crippen LogP contribution in [0.1, 0.15) is 76.7 Å². The van der Waals surface area contributed by atoms with E-state index >= 15 is 0 Å². The molecule has 0 aromatic heterocycles. The number of hydrogen-bond donors (Lipinski definition) is 3. The first-order chi connectivity index (χ1) is 13.8. The maximum absolute atomic E-state index is 13.3. The van der Waals surface area contributed by atoms with Gasteiger partial charge >= 0.3 is 11.9 Å². The third kappa shape index (κ3) is 10.1. The van der Waals surface area contributed by atoms with Gasteiger partial charge in [-0.1, -0.05) is 75.8 Å². The molecule has 0 aliphatic carbocycles. The fourth-order valence-corrected chi connectivity index (χ4v) is 6.12. The van der Waals surface area contributed by atoms with Gasteiger partial charge < -0.3 is 15.1 Å². The number of benzene rings is 1. The molecule has 3 unspecified atom stereocenters. The summed E-state index contributed by atoms with van der Waals surface area (Å²) in [5, 5.41) is 18.5. The Balaban J connectivity index is 2.88. The Labute approximate surface area is 173 Å². The molecule has 0 saturated heterocycles. The summed E-state index contributed by atoms with van der Waals surface area (Å²) in [7, 11) is -3.73. The summed E-state index contributed by atoms with van der Waals surface area (Å²) in [5.74, 6) is -2.79. The van der Waals surface area contributed by atoms with Crippen LogP contribution >= 0.6 is 7.37 Å². The molecule has 1 aromatic rings. The van der Waals surface area contributed by atoms with Crippen LogP contribution < -0.4 is 0 Å². The van der Waals surface area contributed by atoms with Crippen molar-refractivity contribution in [3.8, 4) is 0 Å². The van der Waals surface area contributed by atoms with Gasteiger partial charge in [-0.05, 0) is 24.8 Å². The lowest BCUT2D eigenvalue weighted by Crippen LogP contribution is -2.29. The molecule has 0 radical (unpaired) electrons. The van der Waals surface area contributed by atoms with E-state index in [4.69, 9.17) is 5.11 Å². The van der Waals surface area contributed by atoms with Crippen LogP contribution in [0.25, 0.3) is 0 Å². The highest BCUT2D eigenvalue weighted by Gasteiger charge is 2.40. The van der Waals surface area contributed by atoms with Crippen LogP contribution in [0.4, 0.5) is 0 Å². The minimum absolute atomic E-state index is 0.0188. The van der Waals surface area contributed by atoms with Gasteiger partial charge in [0.2, 0.25) is 7.37 Å². The quantitative estimate of drug-likeness (QED) is 0.237. The highest BCUT2D eigenvalue weighted by Crippen LogP contribution is 2.55. The number of carbonyl (C=O) groups is 2. The van der Waals surface area contributed by atoms with Crippen LogP contribution in [0.2, 0.25) is 0 Å². The molecule has 1 aromatic carbocycles. The third-order valence-electron chi connectivity index (χ3n) is 5.31. The number of hydrogen-bond acceptors (Lipinski definition) is 3. The normalized spacial score (nSPS) is 15.4. The van der Waals surface area contributed by atoms with Gasteiger partial charge in [-0.2, -0.15) is 0 Å². The minimum atomic E-state index is -3.73. The van der Waals surface area contributed by atoms with Crippen LogP contribution in [-0.4, -0.2) is 32.7 Å². The van der Waals surface area contributed by atoms with Crippen molar-refractivity contribution in [2.24, 2.45) is 5.92 Å². The Morgan fingerprint density at radius 1 is 0.931 bits per heavy atom. The molecule has 0 fully saturated rings. The van der Waals surface area contributed by atoms with Crippen molar-refractivity contribution >= 4 is 19.3 Å². The molecule has 0 aliphatic heterocycles. The van der Waals surface area contributed by atoms with Gasteiger partial charge in [-0.3, -0.25) is 14.2 Å². The van der Waals surface area contributed by atoms with Crippen molar-refractivity contribution in [1.82, 2.24) is 0 Å². The molecular weight excluding hydrogens is 391 g/mol. The van der Waals surface area contributed by atoms with Crippen molar-refractivity contribution in [2.45, 2.75) is 83.0 Å². The van der Waals surface area contributed by atoms with Crippen LogP contribution in [0.3, 0.4) is 0 Å². The van der Waals surface area contributed by atoms with E-state index in [0.717, 1.165) is 31.2 Å². The van der Waals surface area contributed by atoms with Crippen molar-refractivity contribution in [2.75, 3.05) is 0 Å². The molecule has 0 bridgehead atoms. The summed E-state index contributed by atoms with van der Waals surface area (Å²) < 4.78 is 13.3. The molecule has 1 rings (SSSR count). The number of unbranched alkanes of at least 4 members (excludes halogenated alkanes) is 5. The number of carboxylic acids is 2. The Bertz CT molecular complexity index is 661. The summed E-state index contributed by atoms with van der Waals surface area (Å²) in [6.07, 6.45) is 6.12. The zero-order valence-electron chi connectivity index (χ0n) is 17.3. The molecule has 0 saturated carbocycles. The zero-order valence-corrected chi connectivity index (χ0v) is 18.2. The Hall–Kier alpha value is -1.65. The predicted molar refractivity (Wildman–Crippen MR) is 114 cm³/mol. The predicted octanol–water partition coefficient (Wildman–Crippen LogP) is 5.53. The molecule has 3 N–H and O–H groups in total. The van der Waals surface area contributed by atoms with E-state index in [1.54, 1.807) is 12.1 Å². The molecule has 164 valence electrons. The van der Waals surface area contributed by atoms with Gasteiger partial charge in [-0.15, -0.1) is 0 Å². The van der Waals surface area contributed by atoms with Gasteiger partial charge in [-0.25, -0.2) is 0 Å². The smallest absolute Gasteiger partial charge is 0.307 e. The van der Waals surface area contributed by atoms with E-state index < -0.39 is 30.9 Å². The fraction of sp³-hybridized carbons (Fsp3) is 0.636. The van der Waals surface area contributed by atoms with Crippen LogP contribution in [-0.2, 0) is 20.3 Å². The summed E-state index contributed by atoms with van der Waals surface area (Å²) >= 11 is 0. The second kappa shape index (κ2) is 13.6. The van der Waals surface area contributed by atoms with Crippen LogP contribution in [0, 0.1) is 5.92 Å². The van der Waals surface area contributed by atoms with E-state index in [0.29, 0.717) is 32.1 Å². The van der Waals surface area contributed by atoms with E-state index in [9.17, 15) is 24.2 Å². The molecular formula is C22H35O6P. The van der Waals surface area contributed by atoms with Crippen molar-refractivity contribution in [3.05, 3.63) is 35.9 Å². The average Bonchev–Trinajstić information content (AvgIpc) is 2.65. The first-order valence-corrected chi connectivity index (χ1v) is 12.5. The van der Waals surface area contributed by atoms with Crippen LogP contribution in [0.5, 0.6) is 0 Å². The first-order valence-electron chi connectivity index (χ1n) is 10.6. The average molecular weight is 426 g/mol. The third-order valence-corrected chi connectivity index (χ3v) is 7.78. The topological polar surface area (TPSA) is 112 Å². The van der Waals surface area contributed by atoms with Crippen molar-refractivity contribution < 1.29 is 29.3 Å². The SMILES string of the molecule is CCCCCCC(C(CCCCCC(=O)O)C(=O)O)P(=O)(O)Cc1ccccc1. The molecule has 6 nitrogen and oxygen atoms in total. The van der Waals surface area contributed by atoms with E-state index in [1.165, 1.54) is 0 Å². The maximum atomic E-state index is 13.3. The largest absolute Gasteiger partial charge is 0.481 e. The number of rotatable bonds is 16. The highest BCUT2D eigenvalue weighted by molar-refractivity contribution is 7.58. The standard InChI is InChI=1S/C22H35O6P/c1-2-3-4-10-15-20(29(27,28)17-18-12-7-5-8-13-18)19(22(25)26)14-9-6-11-16-21(23)24/h5,7-8,12-13,19-20H,2-4,6,9-11,14-17H2,1H3,(H,23,24)(H,25,26)(H,27,28). The lowest BCUT2D eigenvalue weighted by Gasteiger charge is -2.29. The second-order valence-electron chi connectivity index (χ2n) is 7.75. The minimum Gasteiger partial charge on any atom is -0.481 e. The Morgan fingerprint density at radius 3 is 2.14 bits per heavy atom. The van der Waals surface area contributed by atoms with Gasteiger partial charge in [0.1, 0.15) is 0 Å². The molecule has 3 atom stereocenters. The molecule has 0 heterocycles. The molecule has 29 heavy (non-hydrogen) atoms. The zero-order chi connectivity index (χ0) is 21.7. The lowest BCUT2D eigenvalue weighted by atomic mass is 9.94. The summed E-state index contributed by atoms with van der Waals surface area (Å²) in [6.45, 7) is 2.08. The molecule has 0 amide bonds. The Kier molecular flexibility index (Phi) is 11.9. The monoisotopic (exact) mass is 426 g/mol. The van der Waals surface area contributed by atoms with E-state index in [2.05, 4.69) is 6.92 Å². The molecule has 0 spiro atoms. The molecule has 0 aliphatic rings. The van der Waals surface area contributed by atoms with Gasteiger partial charge in [0, 0.05) is 18.2 Å². The Morgan fingerprint density at radius 2 is 1.55 bits per heavy atom. The number of aliphatic carboxylic acids is 2. The first kappa shape index (κ1) is 25.4.